The summed E-state index contributed by atoms with van der Waals surface area (Å²) < 4.78 is 5.69. The molecule has 1 N–H and O–H groups in total. The number of carbonyl (C=O) groups excluding carboxylic acids is 1. The van der Waals surface area contributed by atoms with Crippen LogP contribution in [0.3, 0.4) is 0 Å². The molecule has 1 heterocycles. The Morgan fingerprint density at radius 1 is 1.00 bits per heavy atom. The van der Waals surface area contributed by atoms with E-state index in [-0.39, 0.29) is 18.6 Å². The number of rotatable bonds is 7. The van der Waals surface area contributed by atoms with Crippen molar-refractivity contribution in [3.8, 4) is 5.75 Å². The van der Waals surface area contributed by atoms with E-state index >= 15 is 0 Å². The second-order valence-electron chi connectivity index (χ2n) is 7.73. The quantitative estimate of drug-likeness (QED) is 0.773. The predicted octanol–water partition coefficient (Wildman–Crippen LogP) is 4.42. The zero-order chi connectivity index (χ0) is 19.8. The summed E-state index contributed by atoms with van der Waals surface area (Å²) in [6.07, 6.45) is 5.06. The van der Waals surface area contributed by atoms with Gasteiger partial charge < -0.3 is 10.1 Å². The maximum atomic E-state index is 12.4. The molecule has 4 heteroatoms. The van der Waals surface area contributed by atoms with Gasteiger partial charge in [-0.1, -0.05) is 60.9 Å². The third-order valence-electron chi connectivity index (χ3n) is 5.49. The molecule has 0 unspecified atom stereocenters. The standard InChI is InChI=1S/C24H32N2O2/c1-19-11-13-21(14-12-19)22(26-15-7-3-4-8-16-26)17-25-24(27)18-28-23-10-6-5-9-20(23)2/h5-6,9-14,22H,3-4,7-8,15-18H2,1-2H3,(H,25,27)/t22-/m1/s1. The van der Waals surface area contributed by atoms with Gasteiger partial charge in [-0.25, -0.2) is 0 Å². The van der Waals surface area contributed by atoms with E-state index in [0.717, 1.165) is 24.4 Å². The topological polar surface area (TPSA) is 41.6 Å². The van der Waals surface area contributed by atoms with Crippen molar-refractivity contribution in [1.82, 2.24) is 10.2 Å². The molecule has 2 aromatic rings. The van der Waals surface area contributed by atoms with Crippen molar-refractivity contribution < 1.29 is 9.53 Å². The first-order valence-electron chi connectivity index (χ1n) is 10.4. The number of hydrogen-bond donors (Lipinski definition) is 1. The molecule has 0 radical (unpaired) electrons. The van der Waals surface area contributed by atoms with E-state index < -0.39 is 0 Å². The van der Waals surface area contributed by atoms with Crippen molar-refractivity contribution in [2.45, 2.75) is 45.6 Å². The third kappa shape index (κ3) is 5.83. The smallest absolute Gasteiger partial charge is 0.258 e. The van der Waals surface area contributed by atoms with Gasteiger partial charge in [-0.2, -0.15) is 0 Å². The molecule has 3 rings (SSSR count). The second kappa shape index (κ2) is 10.3. The van der Waals surface area contributed by atoms with Crippen molar-refractivity contribution in [2.24, 2.45) is 0 Å². The Kier molecular flexibility index (Phi) is 7.49. The monoisotopic (exact) mass is 380 g/mol. The van der Waals surface area contributed by atoms with Crippen LogP contribution >= 0.6 is 0 Å². The maximum Gasteiger partial charge on any atom is 0.258 e. The van der Waals surface area contributed by atoms with Crippen LogP contribution in [0.1, 0.15) is 48.4 Å². The Hall–Kier alpha value is -2.33. The van der Waals surface area contributed by atoms with Crippen LogP contribution in [0.15, 0.2) is 48.5 Å². The van der Waals surface area contributed by atoms with Crippen molar-refractivity contribution >= 4 is 5.91 Å². The molecule has 0 saturated carbocycles. The fourth-order valence-corrected chi connectivity index (χ4v) is 3.78. The average Bonchev–Trinajstić information content (AvgIpc) is 2.98. The van der Waals surface area contributed by atoms with Crippen LogP contribution in [-0.2, 0) is 4.79 Å². The van der Waals surface area contributed by atoms with Gasteiger partial charge >= 0.3 is 0 Å². The molecule has 150 valence electrons. The molecular weight excluding hydrogens is 348 g/mol. The van der Waals surface area contributed by atoms with Gasteiger partial charge in [-0.3, -0.25) is 9.69 Å². The number of hydrogen-bond acceptors (Lipinski definition) is 3. The predicted molar refractivity (Wildman–Crippen MR) is 114 cm³/mol. The van der Waals surface area contributed by atoms with E-state index in [1.54, 1.807) is 0 Å². The van der Waals surface area contributed by atoms with Gasteiger partial charge in [0.05, 0.1) is 6.04 Å². The normalized spacial score (nSPS) is 16.2. The first kappa shape index (κ1) is 20.4. The number of nitrogens with one attached hydrogen (secondary N) is 1. The highest BCUT2D eigenvalue weighted by Gasteiger charge is 2.22. The molecule has 4 nitrogen and oxygen atoms in total. The molecule has 28 heavy (non-hydrogen) atoms. The summed E-state index contributed by atoms with van der Waals surface area (Å²) in [7, 11) is 0. The van der Waals surface area contributed by atoms with Gasteiger partial charge in [0.25, 0.3) is 5.91 Å². The van der Waals surface area contributed by atoms with E-state index in [1.165, 1.54) is 36.8 Å². The Morgan fingerprint density at radius 2 is 1.68 bits per heavy atom. The average molecular weight is 381 g/mol. The highest BCUT2D eigenvalue weighted by molar-refractivity contribution is 5.77. The molecule has 0 bridgehead atoms. The first-order chi connectivity index (χ1) is 13.6. The van der Waals surface area contributed by atoms with Crippen LogP contribution in [0, 0.1) is 13.8 Å². The lowest BCUT2D eigenvalue weighted by molar-refractivity contribution is -0.123. The van der Waals surface area contributed by atoms with Gasteiger partial charge in [-0.15, -0.1) is 0 Å². The summed E-state index contributed by atoms with van der Waals surface area (Å²) in [5, 5.41) is 3.10. The van der Waals surface area contributed by atoms with E-state index in [0.29, 0.717) is 6.54 Å². The minimum Gasteiger partial charge on any atom is -0.484 e. The SMILES string of the molecule is Cc1ccc([C@@H](CNC(=O)COc2ccccc2C)N2CCCCCC2)cc1. The maximum absolute atomic E-state index is 12.4. The molecule has 1 fully saturated rings. The van der Waals surface area contributed by atoms with Crippen molar-refractivity contribution in [1.29, 1.82) is 0 Å². The van der Waals surface area contributed by atoms with E-state index in [1.807, 2.05) is 31.2 Å². The molecule has 0 spiro atoms. The Labute approximate surface area is 168 Å². The summed E-state index contributed by atoms with van der Waals surface area (Å²) in [6, 6.07) is 16.7. The molecule has 0 aromatic heterocycles. The van der Waals surface area contributed by atoms with E-state index in [9.17, 15) is 4.79 Å². The first-order valence-corrected chi connectivity index (χ1v) is 10.4. The summed E-state index contributed by atoms with van der Waals surface area (Å²) in [6.45, 7) is 6.93. The van der Waals surface area contributed by atoms with Crippen LogP contribution in [-0.4, -0.2) is 37.0 Å². The van der Waals surface area contributed by atoms with Crippen LogP contribution in [0.4, 0.5) is 0 Å². The lowest BCUT2D eigenvalue weighted by atomic mass is 10.0. The van der Waals surface area contributed by atoms with Crippen LogP contribution < -0.4 is 10.1 Å². The summed E-state index contributed by atoms with van der Waals surface area (Å²) in [4.78, 5) is 14.9. The number of carbonyl (C=O) groups is 1. The highest BCUT2D eigenvalue weighted by atomic mass is 16.5. The van der Waals surface area contributed by atoms with E-state index in [4.69, 9.17) is 4.74 Å². The van der Waals surface area contributed by atoms with Crippen LogP contribution in [0.5, 0.6) is 5.75 Å². The molecule has 1 saturated heterocycles. The zero-order valence-electron chi connectivity index (χ0n) is 17.1. The number of amides is 1. The lowest BCUT2D eigenvalue weighted by Gasteiger charge is -2.31. The minimum atomic E-state index is -0.0739. The van der Waals surface area contributed by atoms with Crippen molar-refractivity contribution in [3.05, 3.63) is 65.2 Å². The van der Waals surface area contributed by atoms with E-state index in [2.05, 4.69) is 41.4 Å². The summed E-state index contributed by atoms with van der Waals surface area (Å²) in [5.41, 5.74) is 3.57. The number of nitrogens with zero attached hydrogens (tertiary/aromatic N) is 1. The fourth-order valence-electron chi connectivity index (χ4n) is 3.78. The highest BCUT2D eigenvalue weighted by Crippen LogP contribution is 2.24. The lowest BCUT2D eigenvalue weighted by Crippen LogP contribution is -2.40. The second-order valence-corrected chi connectivity index (χ2v) is 7.73. The number of ether oxygens (including phenoxy) is 1. The molecular formula is C24H32N2O2. The number of para-hydroxylation sites is 1. The largest absolute Gasteiger partial charge is 0.484 e. The minimum absolute atomic E-state index is 0.0471. The molecule has 2 aromatic carbocycles. The van der Waals surface area contributed by atoms with Crippen LogP contribution in [0.25, 0.3) is 0 Å². The summed E-state index contributed by atoms with van der Waals surface area (Å²) in [5.74, 6) is 0.690. The number of aryl methyl sites for hydroxylation is 2. The number of likely N-dealkylation sites (tertiary alicyclic amines) is 1. The molecule has 1 aliphatic rings. The van der Waals surface area contributed by atoms with Gasteiger partial charge in [0.2, 0.25) is 0 Å². The van der Waals surface area contributed by atoms with Gasteiger partial charge in [-0.05, 0) is 57.0 Å². The fraction of sp³-hybridized carbons (Fsp3) is 0.458. The molecule has 0 aliphatic carbocycles. The molecule has 1 aliphatic heterocycles. The van der Waals surface area contributed by atoms with Gasteiger partial charge in [0.15, 0.2) is 6.61 Å². The van der Waals surface area contributed by atoms with Crippen LogP contribution in [0.2, 0.25) is 0 Å². The zero-order valence-corrected chi connectivity index (χ0v) is 17.1. The Bertz CT molecular complexity index is 749. The molecule has 1 atom stereocenters. The third-order valence-corrected chi connectivity index (χ3v) is 5.49. The van der Waals surface area contributed by atoms with Crippen molar-refractivity contribution in [3.63, 3.8) is 0 Å². The Balaban J connectivity index is 1.61. The van der Waals surface area contributed by atoms with Gasteiger partial charge in [0, 0.05) is 6.54 Å². The van der Waals surface area contributed by atoms with Gasteiger partial charge in [0.1, 0.15) is 5.75 Å². The summed E-state index contributed by atoms with van der Waals surface area (Å²) >= 11 is 0. The van der Waals surface area contributed by atoms with Crippen molar-refractivity contribution in [2.75, 3.05) is 26.2 Å². The Morgan fingerprint density at radius 3 is 2.36 bits per heavy atom. The number of benzene rings is 2. The molecule has 1 amide bonds.